The number of nitroso groups, excluding NO2 is 2. The Balaban J connectivity index is -0.000000143. The van der Waals surface area contributed by atoms with Crippen molar-refractivity contribution in [3.63, 3.8) is 0 Å². The molecular formula is C4H8N4NiO4. The number of hydrogen-bond donors (Lipinski definition) is 4. The van der Waals surface area contributed by atoms with E-state index in [-0.39, 0.29) is 16.5 Å². The van der Waals surface area contributed by atoms with E-state index in [9.17, 15) is 0 Å². The normalized spacial score (nSPS) is 8.15. The van der Waals surface area contributed by atoms with Gasteiger partial charge in [-0.3, -0.25) is 21.4 Å². The van der Waals surface area contributed by atoms with E-state index in [1.807, 2.05) is 0 Å². The van der Waals surface area contributed by atoms with E-state index in [4.69, 9.17) is 20.2 Å². The Hall–Kier alpha value is -1.31. The van der Waals surface area contributed by atoms with Crippen LogP contribution in [0.25, 0.3) is 0 Å². The van der Waals surface area contributed by atoms with Gasteiger partial charge in [0.2, 0.25) is 0 Å². The zero-order valence-electron chi connectivity index (χ0n) is 6.23. The summed E-state index contributed by atoms with van der Waals surface area (Å²) in [4.78, 5) is 18.2. The summed E-state index contributed by atoms with van der Waals surface area (Å²) in [6, 6.07) is 0. The van der Waals surface area contributed by atoms with Crippen LogP contribution >= 0.6 is 0 Å². The third-order valence-corrected chi connectivity index (χ3v) is 0.420. The van der Waals surface area contributed by atoms with Gasteiger partial charge in [0.25, 0.3) is 0 Å². The molecule has 0 aliphatic carbocycles. The Kier molecular flexibility index (Phi) is 30.5. The van der Waals surface area contributed by atoms with Gasteiger partial charge in [0.15, 0.2) is 0 Å². The smallest absolute Gasteiger partial charge is 0.0895 e. The van der Waals surface area contributed by atoms with Gasteiger partial charge >= 0.3 is 0 Å². The summed E-state index contributed by atoms with van der Waals surface area (Å²) >= 11 is 0. The molecule has 0 radical (unpaired) electrons. The van der Waals surface area contributed by atoms with Crippen molar-refractivity contribution in [1.29, 1.82) is 0 Å². The molecule has 0 atom stereocenters. The van der Waals surface area contributed by atoms with Crippen molar-refractivity contribution in [2.24, 2.45) is 10.4 Å². The zero-order valence-corrected chi connectivity index (χ0v) is 7.22. The Labute approximate surface area is 83.5 Å². The summed E-state index contributed by atoms with van der Waals surface area (Å²) in [5, 5.41) is 19.9. The van der Waals surface area contributed by atoms with Gasteiger partial charge in [-0.25, -0.2) is 0 Å². The maximum absolute atomic E-state index is 9.08. The topological polar surface area (TPSA) is 123 Å². The average Bonchev–Trinajstić information content (AvgIpc) is 2.12. The van der Waals surface area contributed by atoms with E-state index in [2.05, 4.69) is 10.4 Å². The fourth-order valence-corrected chi connectivity index (χ4v) is 0.128. The van der Waals surface area contributed by atoms with Crippen molar-refractivity contribution in [3.05, 3.63) is 34.6 Å². The monoisotopic (exact) mass is 234 g/mol. The minimum absolute atomic E-state index is 0. The van der Waals surface area contributed by atoms with E-state index in [1.54, 1.807) is 11.0 Å². The number of nitrogens with zero attached hydrogens (tertiary/aromatic N) is 2. The van der Waals surface area contributed by atoms with Gasteiger partial charge in [0, 0.05) is 28.9 Å². The molecule has 0 rings (SSSR count). The number of hydroxylamine groups is 2. The molecule has 0 aromatic rings. The molecule has 0 unspecified atom stereocenters. The molecule has 13 heavy (non-hydrogen) atoms. The van der Waals surface area contributed by atoms with Crippen LogP contribution in [0.5, 0.6) is 0 Å². The van der Waals surface area contributed by atoms with Crippen LogP contribution in [0.2, 0.25) is 0 Å². The molecule has 0 aromatic carbocycles. The fraction of sp³-hybridized carbons (Fsp3) is 0. The van der Waals surface area contributed by atoms with Crippen molar-refractivity contribution >= 4 is 0 Å². The summed E-state index contributed by atoms with van der Waals surface area (Å²) in [6.07, 6.45) is 3.79. The molecule has 78 valence electrons. The van der Waals surface area contributed by atoms with E-state index < -0.39 is 0 Å². The molecule has 0 amide bonds. The molecular weight excluding hydrogens is 227 g/mol. The Morgan fingerprint density at radius 1 is 0.923 bits per heavy atom. The maximum Gasteiger partial charge on any atom is 0.0895 e. The Bertz CT molecular complexity index is 144. The molecule has 0 aromatic heterocycles. The van der Waals surface area contributed by atoms with Gasteiger partial charge in [-0.1, -0.05) is 0 Å². The first-order valence-electron chi connectivity index (χ1n) is 2.57. The minimum atomic E-state index is 0. The van der Waals surface area contributed by atoms with E-state index in [0.717, 1.165) is 24.8 Å². The van der Waals surface area contributed by atoms with Crippen molar-refractivity contribution in [2.75, 3.05) is 0 Å². The second-order valence-corrected chi connectivity index (χ2v) is 1.10. The summed E-state index contributed by atoms with van der Waals surface area (Å²) in [5.41, 5.74) is 3.19. The van der Waals surface area contributed by atoms with Crippen LogP contribution in [-0.4, -0.2) is 10.4 Å². The van der Waals surface area contributed by atoms with Crippen molar-refractivity contribution in [1.82, 2.24) is 11.0 Å². The third kappa shape index (κ3) is 36.7. The average molecular weight is 235 g/mol. The Morgan fingerprint density at radius 3 is 1.31 bits per heavy atom. The van der Waals surface area contributed by atoms with Gasteiger partial charge in [-0.15, -0.1) is 9.81 Å². The second kappa shape index (κ2) is 22.4. The summed E-state index contributed by atoms with van der Waals surface area (Å²) in [7, 11) is 0. The van der Waals surface area contributed by atoms with E-state index >= 15 is 0 Å². The molecule has 9 heteroatoms. The number of hydrogen-bond acceptors (Lipinski definition) is 8. The van der Waals surface area contributed by atoms with Crippen molar-refractivity contribution < 1.29 is 26.9 Å². The number of rotatable bonds is 4. The molecule has 4 N–H and O–H groups in total. The predicted octanol–water partition coefficient (Wildman–Crippen LogP) is 0.403. The first kappa shape index (κ1) is 17.7. The summed E-state index contributed by atoms with van der Waals surface area (Å²) < 4.78 is 0. The maximum atomic E-state index is 9.08. The zero-order chi connectivity index (χ0) is 9.66. The summed E-state index contributed by atoms with van der Waals surface area (Å²) in [6.45, 7) is 0. The van der Waals surface area contributed by atoms with Crippen LogP contribution in [0.3, 0.4) is 0 Å². The quantitative estimate of drug-likeness (QED) is 0.317. The fourth-order valence-electron chi connectivity index (χ4n) is 0.128. The standard InChI is InChI=1S/2C2H4N2O2.Ni/c2*5-3-1-2-4-6;/h2*1-3,5H;/b2*2-1-;. The van der Waals surface area contributed by atoms with Gasteiger partial charge in [0.1, 0.15) is 0 Å². The molecule has 0 aliphatic rings. The molecule has 0 spiro atoms. The van der Waals surface area contributed by atoms with Crippen LogP contribution in [0.1, 0.15) is 0 Å². The van der Waals surface area contributed by atoms with Crippen LogP contribution in [0, 0.1) is 9.81 Å². The molecule has 0 heterocycles. The number of nitrogens with one attached hydrogen (secondary N) is 2. The minimum Gasteiger partial charge on any atom is -0.292 e. The largest absolute Gasteiger partial charge is 0.292 e. The molecule has 0 bridgehead atoms. The Morgan fingerprint density at radius 2 is 1.23 bits per heavy atom. The van der Waals surface area contributed by atoms with Gasteiger partial charge in [0.05, 0.1) is 12.4 Å². The van der Waals surface area contributed by atoms with Gasteiger partial charge < -0.3 is 0 Å². The molecule has 0 fully saturated rings. The first-order valence-corrected chi connectivity index (χ1v) is 2.57. The van der Waals surface area contributed by atoms with Gasteiger partial charge in [-0.05, 0) is 10.4 Å². The molecule has 8 nitrogen and oxygen atoms in total. The molecule has 0 saturated carbocycles. The van der Waals surface area contributed by atoms with Gasteiger partial charge in [-0.2, -0.15) is 0 Å². The van der Waals surface area contributed by atoms with Crippen molar-refractivity contribution in [2.45, 2.75) is 0 Å². The predicted molar refractivity (Wildman–Crippen MR) is 39.7 cm³/mol. The first-order chi connectivity index (χ1) is 5.83. The van der Waals surface area contributed by atoms with E-state index in [0.29, 0.717) is 0 Å². The SMILES string of the molecule is O=N/C=C\NO.O=N/C=C\NO.[Ni]. The van der Waals surface area contributed by atoms with Crippen LogP contribution < -0.4 is 11.0 Å². The molecule has 0 saturated heterocycles. The summed E-state index contributed by atoms with van der Waals surface area (Å²) in [5.74, 6) is 0. The van der Waals surface area contributed by atoms with Crippen LogP contribution in [0.4, 0.5) is 0 Å². The second-order valence-electron chi connectivity index (χ2n) is 1.10. The van der Waals surface area contributed by atoms with Crippen LogP contribution in [0.15, 0.2) is 35.2 Å². The van der Waals surface area contributed by atoms with Crippen molar-refractivity contribution in [3.8, 4) is 0 Å². The van der Waals surface area contributed by atoms with Crippen LogP contribution in [-0.2, 0) is 16.5 Å². The third-order valence-electron chi connectivity index (χ3n) is 0.420. The van der Waals surface area contributed by atoms with E-state index in [1.165, 1.54) is 0 Å². The molecule has 0 aliphatic heterocycles.